The maximum Gasteiger partial charge on any atom is 0.237 e. The second kappa shape index (κ2) is 5.85. The minimum Gasteiger partial charge on any atom is -0.348 e. The maximum atomic E-state index is 11.5. The number of nitrogens with one attached hydrogen (secondary N) is 1. The lowest BCUT2D eigenvalue weighted by Gasteiger charge is -2.07. The van der Waals surface area contributed by atoms with Gasteiger partial charge in [0, 0.05) is 7.05 Å². The SMILES string of the molecule is CCCC(C#N)C(=O)NCc1ncn(C)n1. The first-order valence-corrected chi connectivity index (χ1v) is 5.19. The number of nitriles is 1. The molecule has 6 nitrogen and oxygen atoms in total. The fourth-order valence-corrected chi connectivity index (χ4v) is 1.30. The highest BCUT2D eigenvalue weighted by molar-refractivity contribution is 5.80. The predicted octanol–water partition coefficient (Wildman–Crippen LogP) is 0.371. The Morgan fingerprint density at radius 2 is 2.50 bits per heavy atom. The van der Waals surface area contributed by atoms with Crippen molar-refractivity contribution >= 4 is 5.91 Å². The lowest BCUT2D eigenvalue weighted by Crippen LogP contribution is -2.29. The topological polar surface area (TPSA) is 83.6 Å². The Bertz CT molecular complexity index is 392. The smallest absolute Gasteiger partial charge is 0.237 e. The highest BCUT2D eigenvalue weighted by Gasteiger charge is 2.16. The van der Waals surface area contributed by atoms with E-state index in [9.17, 15) is 4.79 Å². The van der Waals surface area contributed by atoms with Gasteiger partial charge in [0.1, 0.15) is 12.2 Å². The van der Waals surface area contributed by atoms with E-state index < -0.39 is 5.92 Å². The summed E-state index contributed by atoms with van der Waals surface area (Å²) in [5.74, 6) is -0.283. The van der Waals surface area contributed by atoms with Crippen LogP contribution in [0.5, 0.6) is 0 Å². The number of aromatic nitrogens is 3. The zero-order chi connectivity index (χ0) is 12.0. The van der Waals surface area contributed by atoms with Gasteiger partial charge < -0.3 is 5.32 Å². The molecule has 1 N–H and O–H groups in total. The van der Waals surface area contributed by atoms with Crippen molar-refractivity contribution < 1.29 is 4.79 Å². The van der Waals surface area contributed by atoms with E-state index >= 15 is 0 Å². The molecule has 0 fully saturated rings. The van der Waals surface area contributed by atoms with Gasteiger partial charge in [0.15, 0.2) is 5.82 Å². The first-order chi connectivity index (χ1) is 7.67. The van der Waals surface area contributed by atoms with Gasteiger partial charge in [-0.15, -0.1) is 0 Å². The third-order valence-electron chi connectivity index (χ3n) is 2.12. The van der Waals surface area contributed by atoms with E-state index in [2.05, 4.69) is 15.4 Å². The van der Waals surface area contributed by atoms with Crippen molar-refractivity contribution in [3.8, 4) is 6.07 Å². The molecule has 0 spiro atoms. The van der Waals surface area contributed by atoms with Crippen molar-refractivity contribution in [3.63, 3.8) is 0 Å². The van der Waals surface area contributed by atoms with Crippen molar-refractivity contribution in [3.05, 3.63) is 12.2 Å². The summed E-state index contributed by atoms with van der Waals surface area (Å²) in [7, 11) is 1.76. The fourth-order valence-electron chi connectivity index (χ4n) is 1.30. The van der Waals surface area contributed by atoms with E-state index in [1.54, 1.807) is 18.1 Å². The lowest BCUT2D eigenvalue weighted by atomic mass is 10.1. The Morgan fingerprint density at radius 1 is 1.75 bits per heavy atom. The number of rotatable bonds is 5. The monoisotopic (exact) mass is 221 g/mol. The van der Waals surface area contributed by atoms with Crippen LogP contribution in [0.25, 0.3) is 0 Å². The minimum atomic E-state index is -0.575. The van der Waals surface area contributed by atoms with Gasteiger partial charge in [0.2, 0.25) is 5.91 Å². The fraction of sp³-hybridized carbons (Fsp3) is 0.600. The van der Waals surface area contributed by atoms with Crippen molar-refractivity contribution in [2.24, 2.45) is 13.0 Å². The molecule has 6 heteroatoms. The summed E-state index contributed by atoms with van der Waals surface area (Å²) >= 11 is 0. The van der Waals surface area contributed by atoms with E-state index in [-0.39, 0.29) is 12.5 Å². The molecule has 1 unspecified atom stereocenters. The van der Waals surface area contributed by atoms with Crippen LogP contribution in [0.3, 0.4) is 0 Å². The number of carbonyl (C=O) groups excluding carboxylic acids is 1. The van der Waals surface area contributed by atoms with Crippen LogP contribution in [0.4, 0.5) is 0 Å². The molecule has 86 valence electrons. The summed E-state index contributed by atoms with van der Waals surface area (Å²) in [4.78, 5) is 15.5. The van der Waals surface area contributed by atoms with Crippen LogP contribution in [0.2, 0.25) is 0 Å². The average Bonchev–Trinajstić information content (AvgIpc) is 2.68. The molecule has 1 aromatic rings. The Morgan fingerprint density at radius 3 is 3.00 bits per heavy atom. The van der Waals surface area contributed by atoms with Crippen LogP contribution >= 0.6 is 0 Å². The summed E-state index contributed by atoms with van der Waals surface area (Å²) in [6.45, 7) is 2.21. The highest BCUT2D eigenvalue weighted by Crippen LogP contribution is 2.04. The molecule has 0 aromatic carbocycles. The molecule has 0 aliphatic carbocycles. The van der Waals surface area contributed by atoms with E-state index in [0.717, 1.165) is 6.42 Å². The summed E-state index contributed by atoms with van der Waals surface area (Å²) in [5.41, 5.74) is 0. The van der Waals surface area contributed by atoms with Crippen LogP contribution in [0, 0.1) is 17.2 Å². The van der Waals surface area contributed by atoms with Crippen LogP contribution in [0.1, 0.15) is 25.6 Å². The summed E-state index contributed by atoms with van der Waals surface area (Å²) in [6.07, 6.45) is 2.96. The largest absolute Gasteiger partial charge is 0.348 e. The molecule has 1 heterocycles. The maximum absolute atomic E-state index is 11.5. The molecule has 0 saturated carbocycles. The molecule has 0 aliphatic rings. The van der Waals surface area contributed by atoms with Gasteiger partial charge in [-0.3, -0.25) is 9.48 Å². The number of carbonyl (C=O) groups is 1. The van der Waals surface area contributed by atoms with E-state index in [0.29, 0.717) is 12.2 Å². The standard InChI is InChI=1S/C10H15N5O/c1-3-4-8(5-11)10(16)12-6-9-13-7-15(2)14-9/h7-8H,3-4,6H2,1-2H3,(H,12,16). The third-order valence-corrected chi connectivity index (χ3v) is 2.12. The molecular weight excluding hydrogens is 206 g/mol. The number of nitrogens with zero attached hydrogens (tertiary/aromatic N) is 4. The normalized spacial score (nSPS) is 11.8. The van der Waals surface area contributed by atoms with Crippen LogP contribution in [0.15, 0.2) is 6.33 Å². The molecule has 1 atom stereocenters. The zero-order valence-electron chi connectivity index (χ0n) is 9.47. The number of aryl methyl sites for hydroxylation is 1. The van der Waals surface area contributed by atoms with Gasteiger partial charge >= 0.3 is 0 Å². The van der Waals surface area contributed by atoms with Crippen LogP contribution in [-0.4, -0.2) is 20.7 Å². The number of hydrogen-bond acceptors (Lipinski definition) is 4. The van der Waals surface area contributed by atoms with Gasteiger partial charge in [0.05, 0.1) is 12.6 Å². The minimum absolute atomic E-state index is 0.253. The Labute approximate surface area is 94.3 Å². The van der Waals surface area contributed by atoms with E-state index in [1.807, 2.05) is 13.0 Å². The molecule has 0 radical (unpaired) electrons. The number of hydrogen-bond donors (Lipinski definition) is 1. The van der Waals surface area contributed by atoms with Crippen molar-refractivity contribution in [2.45, 2.75) is 26.3 Å². The van der Waals surface area contributed by atoms with Crippen LogP contribution < -0.4 is 5.32 Å². The molecule has 16 heavy (non-hydrogen) atoms. The van der Waals surface area contributed by atoms with Crippen molar-refractivity contribution in [2.75, 3.05) is 0 Å². The van der Waals surface area contributed by atoms with E-state index in [1.165, 1.54) is 0 Å². The van der Waals surface area contributed by atoms with E-state index in [4.69, 9.17) is 5.26 Å². The Hall–Kier alpha value is -1.90. The molecule has 0 aliphatic heterocycles. The Kier molecular flexibility index (Phi) is 4.45. The molecule has 0 saturated heterocycles. The van der Waals surface area contributed by atoms with Crippen LogP contribution in [-0.2, 0) is 18.4 Å². The highest BCUT2D eigenvalue weighted by atomic mass is 16.1. The second-order valence-corrected chi connectivity index (χ2v) is 3.52. The van der Waals surface area contributed by atoms with Crippen molar-refractivity contribution in [1.82, 2.24) is 20.1 Å². The third kappa shape index (κ3) is 3.35. The van der Waals surface area contributed by atoms with Gasteiger partial charge in [-0.25, -0.2) is 4.98 Å². The molecular formula is C10H15N5O. The van der Waals surface area contributed by atoms with Gasteiger partial charge in [-0.05, 0) is 6.42 Å². The summed E-state index contributed by atoms with van der Waals surface area (Å²) in [6, 6.07) is 1.99. The molecule has 1 rings (SSSR count). The molecule has 1 amide bonds. The van der Waals surface area contributed by atoms with Gasteiger partial charge in [0.25, 0.3) is 0 Å². The quantitative estimate of drug-likeness (QED) is 0.778. The predicted molar refractivity (Wildman–Crippen MR) is 56.9 cm³/mol. The lowest BCUT2D eigenvalue weighted by molar-refractivity contribution is -0.123. The number of amides is 1. The molecule has 0 bridgehead atoms. The first kappa shape index (κ1) is 12.2. The molecule has 1 aromatic heterocycles. The second-order valence-electron chi connectivity index (χ2n) is 3.52. The van der Waals surface area contributed by atoms with Crippen molar-refractivity contribution in [1.29, 1.82) is 5.26 Å². The van der Waals surface area contributed by atoms with Gasteiger partial charge in [-0.1, -0.05) is 13.3 Å². The summed E-state index contributed by atoms with van der Waals surface area (Å²) in [5, 5.41) is 15.5. The average molecular weight is 221 g/mol. The Balaban J connectivity index is 2.43. The summed E-state index contributed by atoms with van der Waals surface area (Å²) < 4.78 is 1.56. The van der Waals surface area contributed by atoms with Gasteiger partial charge in [-0.2, -0.15) is 10.4 Å². The zero-order valence-corrected chi connectivity index (χ0v) is 9.47. The first-order valence-electron chi connectivity index (χ1n) is 5.19.